The van der Waals surface area contributed by atoms with E-state index in [-0.39, 0.29) is 30.1 Å². The number of aromatic nitrogens is 4. The number of carbonyl (C=O) groups is 1. The molecule has 13 nitrogen and oxygen atoms in total. The molecule has 4 rings (SSSR count). The third kappa shape index (κ3) is 6.20. The number of ether oxygens (including phenoxy) is 2. The van der Waals surface area contributed by atoms with Gasteiger partial charge in [-0.05, 0) is 39.8 Å². The van der Waals surface area contributed by atoms with Crippen LogP contribution in [0, 0.1) is 5.92 Å². The zero-order chi connectivity index (χ0) is 29.2. The van der Waals surface area contributed by atoms with Gasteiger partial charge in [-0.15, -0.1) is 0 Å². The lowest BCUT2D eigenvalue weighted by atomic mass is 9.90. The second-order valence-electron chi connectivity index (χ2n) is 10.0. The van der Waals surface area contributed by atoms with Crippen molar-refractivity contribution in [3.63, 3.8) is 0 Å². The van der Waals surface area contributed by atoms with Crippen LogP contribution in [0.5, 0.6) is 5.75 Å². The highest BCUT2D eigenvalue weighted by Gasteiger charge is 2.54. The minimum Gasteiger partial charge on any atom is -0.462 e. The summed E-state index contributed by atoms with van der Waals surface area (Å²) < 4.78 is 54.2. The fourth-order valence-corrected chi connectivity index (χ4v) is 5.81. The Bertz CT molecular complexity index is 1390. The van der Waals surface area contributed by atoms with Crippen molar-refractivity contribution >= 4 is 36.6 Å². The summed E-state index contributed by atoms with van der Waals surface area (Å²) in [5, 5.41) is 5.52. The van der Waals surface area contributed by atoms with Gasteiger partial charge in [-0.3, -0.25) is 13.9 Å². The number of halogens is 1. The molecule has 3 aromatic rings. The summed E-state index contributed by atoms with van der Waals surface area (Å²) in [6, 6.07) is 7.32. The number of nitrogens with two attached hydrogens (primary N) is 1. The number of nitrogen functional groups attached to an aromatic ring is 1. The van der Waals surface area contributed by atoms with E-state index in [1.807, 2.05) is 0 Å². The predicted molar refractivity (Wildman–Crippen MR) is 146 cm³/mol. The average Bonchev–Trinajstić information content (AvgIpc) is 3.40. The van der Waals surface area contributed by atoms with E-state index in [9.17, 15) is 9.36 Å². The van der Waals surface area contributed by atoms with Gasteiger partial charge in [0.15, 0.2) is 28.9 Å². The van der Waals surface area contributed by atoms with Gasteiger partial charge in [-0.2, -0.15) is 15.1 Å². The normalized spacial score (nSPS) is 25.1. The molecule has 3 heterocycles. The number of alkyl halides is 1. The molecule has 0 aliphatic carbocycles. The molecule has 0 saturated carbocycles. The maximum atomic E-state index is 16.2. The van der Waals surface area contributed by atoms with E-state index < -0.39 is 43.7 Å². The first-order valence-electron chi connectivity index (χ1n) is 12.8. The largest absolute Gasteiger partial charge is 0.462 e. The lowest BCUT2D eigenvalue weighted by Crippen LogP contribution is -2.37. The number of hydrogen-bond donors (Lipinski definition) is 3. The van der Waals surface area contributed by atoms with Gasteiger partial charge in [-0.25, -0.2) is 13.9 Å². The molecule has 0 spiro atoms. The Morgan fingerprint density at radius 2 is 1.98 bits per heavy atom. The zero-order valence-corrected chi connectivity index (χ0v) is 24.1. The fraction of sp³-hybridized carbons (Fsp3) is 0.520. The molecule has 1 fully saturated rings. The van der Waals surface area contributed by atoms with Crippen LogP contribution in [0.3, 0.4) is 0 Å². The standard InChI is InChI=1S/C25H35FN7O6P/c1-14(2)37-22(34)16(4)32-40(35,39-17-10-8-7-9-11-17)36-12-18-15(3)25(5,26)23(38-18)33-13-29-19-20(28-6)30-24(27)31-21(19)33/h7-11,13-16,18,23H,12H2,1-6H3,(H,32,35)(H3,27,28,30,31)/t15-,16+,18-,23-,25-,40?/m1/s1. The van der Waals surface area contributed by atoms with Gasteiger partial charge < -0.3 is 25.0 Å². The van der Waals surface area contributed by atoms with Crippen LogP contribution in [0.2, 0.25) is 0 Å². The molecule has 0 bridgehead atoms. The summed E-state index contributed by atoms with van der Waals surface area (Å²) in [7, 11) is -2.51. The molecule has 15 heteroatoms. The van der Waals surface area contributed by atoms with Crippen molar-refractivity contribution in [3.8, 4) is 5.75 Å². The molecule has 1 aromatic carbocycles. The number of imidazole rings is 1. The predicted octanol–water partition coefficient (Wildman–Crippen LogP) is 3.85. The monoisotopic (exact) mass is 579 g/mol. The van der Waals surface area contributed by atoms with Crippen molar-refractivity contribution in [2.45, 2.75) is 64.8 Å². The van der Waals surface area contributed by atoms with Gasteiger partial charge in [-0.1, -0.05) is 25.1 Å². The van der Waals surface area contributed by atoms with E-state index in [1.165, 1.54) is 24.7 Å². The van der Waals surface area contributed by atoms with Crippen molar-refractivity contribution in [1.82, 2.24) is 24.6 Å². The van der Waals surface area contributed by atoms with Crippen LogP contribution in [-0.4, -0.2) is 63.1 Å². The number of para-hydroxylation sites is 1. The van der Waals surface area contributed by atoms with Crippen LogP contribution in [0.15, 0.2) is 36.7 Å². The Kier molecular flexibility index (Phi) is 8.64. The number of carbonyl (C=O) groups excluding carboxylic acids is 1. The lowest BCUT2D eigenvalue weighted by molar-refractivity contribution is -0.149. The maximum absolute atomic E-state index is 16.2. The molecule has 0 radical (unpaired) electrons. The molecule has 1 saturated heterocycles. The number of benzene rings is 1. The Morgan fingerprint density at radius 1 is 1.27 bits per heavy atom. The second kappa shape index (κ2) is 11.7. The molecule has 4 N–H and O–H groups in total. The van der Waals surface area contributed by atoms with E-state index >= 15 is 4.39 Å². The molecule has 40 heavy (non-hydrogen) atoms. The van der Waals surface area contributed by atoms with Crippen molar-refractivity contribution < 1.29 is 32.3 Å². The SMILES string of the molecule is CNc1nc(N)nc2c1ncn2[C@@H]1O[C@H](COP(=O)(N[C@@H](C)C(=O)OC(C)C)Oc2ccccc2)[C@@H](C)[C@@]1(C)F. The number of fused-ring (bicyclic) bond motifs is 1. The summed E-state index contributed by atoms with van der Waals surface area (Å²) in [6.45, 7) is 7.64. The number of nitrogens with one attached hydrogen (secondary N) is 2. The topological polar surface area (TPSA) is 165 Å². The summed E-state index contributed by atoms with van der Waals surface area (Å²) in [4.78, 5) is 25.1. The van der Waals surface area contributed by atoms with Crippen LogP contribution < -0.4 is 20.7 Å². The van der Waals surface area contributed by atoms with Crippen molar-refractivity contribution in [2.24, 2.45) is 5.92 Å². The first kappa shape index (κ1) is 29.7. The third-order valence-corrected chi connectivity index (χ3v) is 8.24. The summed E-state index contributed by atoms with van der Waals surface area (Å²) in [5.41, 5.74) is 4.63. The maximum Gasteiger partial charge on any atom is 0.459 e. The smallest absolute Gasteiger partial charge is 0.459 e. The highest BCUT2D eigenvalue weighted by molar-refractivity contribution is 7.52. The Morgan fingerprint density at radius 3 is 2.62 bits per heavy atom. The number of rotatable bonds is 11. The number of esters is 1. The zero-order valence-electron chi connectivity index (χ0n) is 23.2. The minimum absolute atomic E-state index is 0.0136. The van der Waals surface area contributed by atoms with E-state index in [1.54, 1.807) is 58.2 Å². The van der Waals surface area contributed by atoms with Crippen molar-refractivity contribution in [3.05, 3.63) is 36.7 Å². The average molecular weight is 580 g/mol. The van der Waals surface area contributed by atoms with Gasteiger partial charge in [0.2, 0.25) is 5.95 Å². The molecule has 1 aliphatic heterocycles. The summed E-state index contributed by atoms with van der Waals surface area (Å²) in [6.07, 6.45) is -0.969. The van der Waals surface area contributed by atoms with Gasteiger partial charge >= 0.3 is 13.7 Å². The van der Waals surface area contributed by atoms with E-state index in [2.05, 4.69) is 25.4 Å². The van der Waals surface area contributed by atoms with Gasteiger partial charge in [0.1, 0.15) is 11.8 Å². The first-order chi connectivity index (χ1) is 18.8. The highest BCUT2D eigenvalue weighted by atomic mass is 31.2. The Labute approximate surface area is 231 Å². The van der Waals surface area contributed by atoms with Gasteiger partial charge in [0.05, 0.1) is 25.1 Å². The molecular formula is C25H35FN7O6P. The Balaban J connectivity index is 1.56. The first-order valence-corrected chi connectivity index (χ1v) is 14.4. The molecule has 218 valence electrons. The lowest BCUT2D eigenvalue weighted by Gasteiger charge is -2.26. The van der Waals surface area contributed by atoms with Crippen molar-refractivity contribution in [1.29, 1.82) is 0 Å². The molecule has 2 aromatic heterocycles. The summed E-state index contributed by atoms with van der Waals surface area (Å²) in [5.74, 6) is -0.722. The van der Waals surface area contributed by atoms with Crippen molar-refractivity contribution in [2.75, 3.05) is 24.7 Å². The quantitative estimate of drug-likeness (QED) is 0.222. The van der Waals surface area contributed by atoms with Crippen LogP contribution in [-0.2, 0) is 23.4 Å². The Hall–Kier alpha value is -3.32. The molecule has 6 atom stereocenters. The number of anilines is 2. The molecular weight excluding hydrogens is 544 g/mol. The van der Waals surface area contributed by atoms with Crippen LogP contribution in [0.25, 0.3) is 11.2 Å². The second-order valence-corrected chi connectivity index (χ2v) is 11.7. The molecule has 1 unspecified atom stereocenters. The molecule has 0 amide bonds. The van der Waals surface area contributed by atoms with Gasteiger partial charge in [0.25, 0.3) is 0 Å². The van der Waals surface area contributed by atoms with Gasteiger partial charge in [0, 0.05) is 13.0 Å². The van der Waals surface area contributed by atoms with E-state index in [0.29, 0.717) is 11.3 Å². The third-order valence-electron chi connectivity index (χ3n) is 6.60. The molecule has 1 aliphatic rings. The van der Waals surface area contributed by atoms with E-state index in [4.69, 9.17) is 24.3 Å². The minimum atomic E-state index is -4.17. The van der Waals surface area contributed by atoms with Crippen LogP contribution >= 0.6 is 7.75 Å². The number of hydrogen-bond acceptors (Lipinski definition) is 11. The van der Waals surface area contributed by atoms with Crippen LogP contribution in [0.4, 0.5) is 16.2 Å². The summed E-state index contributed by atoms with van der Waals surface area (Å²) >= 11 is 0. The highest BCUT2D eigenvalue weighted by Crippen LogP contribution is 2.50. The fourth-order valence-electron chi connectivity index (χ4n) is 4.31. The van der Waals surface area contributed by atoms with E-state index in [0.717, 1.165) is 0 Å². The van der Waals surface area contributed by atoms with Crippen LogP contribution in [0.1, 0.15) is 40.8 Å². The number of nitrogens with zero attached hydrogens (tertiary/aromatic N) is 4.